The van der Waals surface area contributed by atoms with E-state index in [1.165, 1.54) is 13.2 Å². The summed E-state index contributed by atoms with van der Waals surface area (Å²) in [5.74, 6) is -0.158. The molecule has 0 aliphatic rings. The highest BCUT2D eigenvalue weighted by atomic mass is 19.1. The van der Waals surface area contributed by atoms with E-state index < -0.39 is 5.82 Å². The number of carbonyl (C=O) groups excluding carboxylic acids is 1. The SMILES string of the molecule is CCOc1cc(OC)c(C=O)cc1F. The van der Waals surface area contributed by atoms with E-state index in [-0.39, 0.29) is 11.3 Å². The van der Waals surface area contributed by atoms with Crippen LogP contribution in [-0.4, -0.2) is 20.0 Å². The molecule has 0 aliphatic carbocycles. The first-order valence-electron chi connectivity index (χ1n) is 4.18. The van der Waals surface area contributed by atoms with Gasteiger partial charge in [-0.05, 0) is 13.0 Å². The van der Waals surface area contributed by atoms with Gasteiger partial charge in [0.25, 0.3) is 0 Å². The summed E-state index contributed by atoms with van der Waals surface area (Å²) < 4.78 is 23.1. The molecule has 0 radical (unpaired) electrons. The lowest BCUT2D eigenvalue weighted by molar-refractivity contribution is 0.112. The third-order valence-corrected chi connectivity index (χ3v) is 1.71. The summed E-state index contributed by atoms with van der Waals surface area (Å²) in [5.41, 5.74) is 0.174. The molecule has 0 aromatic heterocycles. The van der Waals surface area contributed by atoms with Crippen LogP contribution in [0.3, 0.4) is 0 Å². The maximum Gasteiger partial charge on any atom is 0.166 e. The van der Waals surface area contributed by atoms with Crippen molar-refractivity contribution in [3.8, 4) is 11.5 Å². The predicted molar refractivity (Wildman–Crippen MR) is 49.5 cm³/mol. The van der Waals surface area contributed by atoms with Crippen molar-refractivity contribution < 1.29 is 18.7 Å². The maximum atomic E-state index is 13.2. The standard InChI is InChI=1S/C10H11FO3/c1-3-14-10-5-9(13-2)7(6-12)4-8(10)11/h4-6H,3H2,1-2H3. The molecule has 76 valence electrons. The van der Waals surface area contributed by atoms with Gasteiger partial charge < -0.3 is 9.47 Å². The predicted octanol–water partition coefficient (Wildman–Crippen LogP) is 2.05. The minimum atomic E-state index is -0.560. The second-order valence-corrected chi connectivity index (χ2v) is 2.58. The van der Waals surface area contributed by atoms with Crippen LogP contribution in [0.15, 0.2) is 12.1 Å². The minimum absolute atomic E-state index is 0.0925. The Morgan fingerprint density at radius 1 is 1.43 bits per heavy atom. The van der Waals surface area contributed by atoms with Gasteiger partial charge in [-0.1, -0.05) is 0 Å². The number of hydrogen-bond acceptors (Lipinski definition) is 3. The third kappa shape index (κ3) is 2.02. The Morgan fingerprint density at radius 2 is 2.14 bits per heavy atom. The summed E-state index contributed by atoms with van der Waals surface area (Å²) in [5, 5.41) is 0. The summed E-state index contributed by atoms with van der Waals surface area (Å²) in [6, 6.07) is 2.46. The van der Waals surface area contributed by atoms with E-state index in [0.717, 1.165) is 6.07 Å². The fraction of sp³-hybridized carbons (Fsp3) is 0.300. The first kappa shape index (κ1) is 10.5. The zero-order chi connectivity index (χ0) is 10.6. The lowest BCUT2D eigenvalue weighted by Crippen LogP contribution is -1.98. The van der Waals surface area contributed by atoms with Gasteiger partial charge in [0.2, 0.25) is 0 Å². The highest BCUT2D eigenvalue weighted by Crippen LogP contribution is 2.26. The lowest BCUT2D eigenvalue weighted by Gasteiger charge is -2.08. The van der Waals surface area contributed by atoms with Crippen LogP contribution in [0.25, 0.3) is 0 Å². The minimum Gasteiger partial charge on any atom is -0.496 e. The van der Waals surface area contributed by atoms with E-state index in [9.17, 15) is 9.18 Å². The van der Waals surface area contributed by atoms with Crippen molar-refractivity contribution in [1.82, 2.24) is 0 Å². The molecule has 0 atom stereocenters. The number of aldehydes is 1. The van der Waals surface area contributed by atoms with Crippen LogP contribution in [0.1, 0.15) is 17.3 Å². The molecule has 1 rings (SSSR count). The molecule has 0 bridgehead atoms. The van der Waals surface area contributed by atoms with Crippen LogP contribution in [0.5, 0.6) is 11.5 Å². The van der Waals surface area contributed by atoms with E-state index in [4.69, 9.17) is 9.47 Å². The second kappa shape index (κ2) is 4.60. The Bertz CT molecular complexity index is 336. The average molecular weight is 198 g/mol. The van der Waals surface area contributed by atoms with Crippen LogP contribution in [0, 0.1) is 5.82 Å². The van der Waals surface area contributed by atoms with Gasteiger partial charge in [-0.15, -0.1) is 0 Å². The summed E-state index contributed by atoms with van der Waals surface area (Å²) in [6.45, 7) is 2.11. The molecule has 3 nitrogen and oxygen atoms in total. The number of carbonyl (C=O) groups is 1. The highest BCUT2D eigenvalue weighted by molar-refractivity contribution is 5.79. The number of methoxy groups -OCH3 is 1. The van der Waals surface area contributed by atoms with Crippen molar-refractivity contribution in [2.45, 2.75) is 6.92 Å². The molecule has 4 heteroatoms. The summed E-state index contributed by atoms with van der Waals surface area (Å²) >= 11 is 0. The Kier molecular flexibility index (Phi) is 3.45. The largest absolute Gasteiger partial charge is 0.496 e. The van der Waals surface area contributed by atoms with Gasteiger partial charge in [0.1, 0.15) is 5.75 Å². The quantitative estimate of drug-likeness (QED) is 0.694. The molecule has 0 spiro atoms. The van der Waals surface area contributed by atoms with Gasteiger partial charge in [0, 0.05) is 6.07 Å². The fourth-order valence-corrected chi connectivity index (χ4v) is 1.09. The van der Waals surface area contributed by atoms with Crippen LogP contribution in [-0.2, 0) is 0 Å². The Balaban J connectivity index is 3.15. The van der Waals surface area contributed by atoms with Crippen molar-refractivity contribution in [3.63, 3.8) is 0 Å². The first-order valence-corrected chi connectivity index (χ1v) is 4.18. The summed E-state index contributed by atoms with van der Waals surface area (Å²) in [7, 11) is 1.41. The monoisotopic (exact) mass is 198 g/mol. The average Bonchev–Trinajstić information content (AvgIpc) is 2.20. The Morgan fingerprint density at radius 3 is 2.64 bits per heavy atom. The molecule has 14 heavy (non-hydrogen) atoms. The molecule has 0 aliphatic heterocycles. The molecule has 0 amide bonds. The van der Waals surface area contributed by atoms with Crippen molar-refractivity contribution in [2.24, 2.45) is 0 Å². The lowest BCUT2D eigenvalue weighted by atomic mass is 10.2. The van der Waals surface area contributed by atoms with Gasteiger partial charge in [-0.2, -0.15) is 0 Å². The van der Waals surface area contributed by atoms with Gasteiger partial charge in [0.15, 0.2) is 17.9 Å². The molecular formula is C10H11FO3. The van der Waals surface area contributed by atoms with Gasteiger partial charge in [0.05, 0.1) is 19.3 Å². The molecule has 0 heterocycles. The molecular weight excluding hydrogens is 187 g/mol. The second-order valence-electron chi connectivity index (χ2n) is 2.58. The molecule has 1 aromatic rings. The van der Waals surface area contributed by atoms with Crippen molar-refractivity contribution in [2.75, 3.05) is 13.7 Å². The molecule has 0 N–H and O–H groups in total. The maximum absolute atomic E-state index is 13.2. The summed E-state index contributed by atoms with van der Waals surface area (Å²) in [4.78, 5) is 10.5. The van der Waals surface area contributed by atoms with Crippen LogP contribution < -0.4 is 9.47 Å². The van der Waals surface area contributed by atoms with Crippen molar-refractivity contribution in [1.29, 1.82) is 0 Å². The highest BCUT2D eigenvalue weighted by Gasteiger charge is 2.10. The first-order chi connectivity index (χ1) is 6.72. The van der Waals surface area contributed by atoms with Crippen LogP contribution >= 0.6 is 0 Å². The summed E-state index contributed by atoms with van der Waals surface area (Å²) in [6.07, 6.45) is 0.539. The van der Waals surface area contributed by atoms with Gasteiger partial charge >= 0.3 is 0 Å². The molecule has 0 unspecified atom stereocenters. The van der Waals surface area contributed by atoms with Crippen LogP contribution in [0.2, 0.25) is 0 Å². The number of benzene rings is 1. The van der Waals surface area contributed by atoms with Crippen molar-refractivity contribution in [3.05, 3.63) is 23.5 Å². The molecule has 0 fully saturated rings. The van der Waals surface area contributed by atoms with E-state index in [0.29, 0.717) is 18.6 Å². The smallest absolute Gasteiger partial charge is 0.166 e. The third-order valence-electron chi connectivity index (χ3n) is 1.71. The van der Waals surface area contributed by atoms with Crippen LogP contribution in [0.4, 0.5) is 4.39 Å². The molecule has 1 aromatic carbocycles. The van der Waals surface area contributed by atoms with Gasteiger partial charge in [-0.3, -0.25) is 4.79 Å². The number of rotatable bonds is 4. The fourth-order valence-electron chi connectivity index (χ4n) is 1.09. The van der Waals surface area contributed by atoms with E-state index in [2.05, 4.69) is 0 Å². The number of hydrogen-bond donors (Lipinski definition) is 0. The Hall–Kier alpha value is -1.58. The zero-order valence-corrected chi connectivity index (χ0v) is 8.04. The van der Waals surface area contributed by atoms with Gasteiger partial charge in [-0.25, -0.2) is 4.39 Å². The zero-order valence-electron chi connectivity index (χ0n) is 8.04. The molecule has 0 saturated heterocycles. The normalized spacial score (nSPS) is 9.64. The molecule has 0 saturated carbocycles. The Labute approximate surface area is 81.4 Å². The van der Waals surface area contributed by atoms with Crippen molar-refractivity contribution >= 4 is 6.29 Å². The topological polar surface area (TPSA) is 35.5 Å². The van der Waals surface area contributed by atoms with E-state index in [1.807, 2.05) is 0 Å². The van der Waals surface area contributed by atoms with E-state index >= 15 is 0 Å². The number of halogens is 1. The number of ether oxygens (including phenoxy) is 2. The van der Waals surface area contributed by atoms with E-state index in [1.54, 1.807) is 6.92 Å².